The number of fused-ring (bicyclic) bond motifs is 1. The molecule has 28 heavy (non-hydrogen) atoms. The van der Waals surface area contributed by atoms with Crippen molar-refractivity contribution in [1.82, 2.24) is 9.55 Å². The molecule has 0 aliphatic heterocycles. The molecule has 2 aromatic carbocycles. The molecule has 146 valence electrons. The van der Waals surface area contributed by atoms with Crippen LogP contribution in [0.5, 0.6) is 0 Å². The van der Waals surface area contributed by atoms with E-state index in [1.807, 2.05) is 6.92 Å². The van der Waals surface area contributed by atoms with Gasteiger partial charge in [-0.1, -0.05) is 23.9 Å². The second-order valence-corrected chi connectivity index (χ2v) is 6.82. The van der Waals surface area contributed by atoms with E-state index >= 15 is 0 Å². The number of halogens is 3. The van der Waals surface area contributed by atoms with Crippen molar-refractivity contribution in [3.05, 3.63) is 64.4 Å². The van der Waals surface area contributed by atoms with E-state index < -0.39 is 17.6 Å². The first kappa shape index (κ1) is 19.9. The SMILES string of the molecule is CCn1c(SCC(=O)Nc2ccc(C(F)(F)F)cc2)nc2ccccc2c1=O. The molecule has 9 heteroatoms. The van der Waals surface area contributed by atoms with Gasteiger partial charge in [0.2, 0.25) is 5.91 Å². The lowest BCUT2D eigenvalue weighted by Crippen LogP contribution is -2.23. The van der Waals surface area contributed by atoms with Gasteiger partial charge in [-0.05, 0) is 43.3 Å². The van der Waals surface area contributed by atoms with Gasteiger partial charge in [-0.2, -0.15) is 13.2 Å². The molecule has 0 aliphatic rings. The smallest absolute Gasteiger partial charge is 0.325 e. The van der Waals surface area contributed by atoms with Crippen molar-refractivity contribution >= 4 is 34.3 Å². The van der Waals surface area contributed by atoms with Gasteiger partial charge in [-0.25, -0.2) is 4.98 Å². The summed E-state index contributed by atoms with van der Waals surface area (Å²) in [5.74, 6) is -0.443. The molecule has 1 amide bonds. The van der Waals surface area contributed by atoms with Gasteiger partial charge in [0.05, 0.1) is 22.2 Å². The van der Waals surface area contributed by atoms with Gasteiger partial charge in [0, 0.05) is 12.2 Å². The van der Waals surface area contributed by atoms with Gasteiger partial charge < -0.3 is 5.32 Å². The summed E-state index contributed by atoms with van der Waals surface area (Å²) in [6.45, 7) is 2.21. The van der Waals surface area contributed by atoms with E-state index in [1.54, 1.807) is 24.3 Å². The highest BCUT2D eigenvalue weighted by atomic mass is 32.2. The summed E-state index contributed by atoms with van der Waals surface area (Å²) in [6.07, 6.45) is -4.43. The third kappa shape index (κ3) is 4.36. The van der Waals surface area contributed by atoms with Crippen molar-refractivity contribution in [2.75, 3.05) is 11.1 Å². The molecule has 0 saturated heterocycles. The van der Waals surface area contributed by atoms with Crippen molar-refractivity contribution in [2.24, 2.45) is 0 Å². The molecular formula is C19H16F3N3O2S. The molecule has 0 aliphatic carbocycles. The van der Waals surface area contributed by atoms with Crippen molar-refractivity contribution in [3.63, 3.8) is 0 Å². The predicted octanol–water partition coefficient (Wildman–Crippen LogP) is 4.17. The number of carbonyl (C=O) groups excluding carboxylic acids is 1. The van der Waals surface area contributed by atoms with Gasteiger partial charge in [-0.3, -0.25) is 14.2 Å². The Balaban J connectivity index is 1.72. The van der Waals surface area contributed by atoms with Gasteiger partial charge >= 0.3 is 6.18 Å². The number of thioether (sulfide) groups is 1. The van der Waals surface area contributed by atoms with Gasteiger partial charge in [0.25, 0.3) is 5.56 Å². The first-order valence-electron chi connectivity index (χ1n) is 8.39. The second-order valence-electron chi connectivity index (χ2n) is 5.87. The van der Waals surface area contributed by atoms with E-state index in [0.717, 1.165) is 23.9 Å². The van der Waals surface area contributed by atoms with Crippen molar-refractivity contribution in [3.8, 4) is 0 Å². The monoisotopic (exact) mass is 407 g/mol. The zero-order valence-electron chi connectivity index (χ0n) is 14.8. The Kier molecular flexibility index (Phi) is 5.73. The summed E-state index contributed by atoms with van der Waals surface area (Å²) in [6, 6.07) is 11.2. The van der Waals surface area contributed by atoms with E-state index in [1.165, 1.54) is 16.7 Å². The lowest BCUT2D eigenvalue weighted by atomic mass is 10.2. The van der Waals surface area contributed by atoms with Crippen LogP contribution in [-0.4, -0.2) is 21.2 Å². The van der Waals surface area contributed by atoms with Crippen molar-refractivity contribution in [1.29, 1.82) is 0 Å². The molecule has 5 nitrogen and oxygen atoms in total. The fourth-order valence-electron chi connectivity index (χ4n) is 2.61. The number of nitrogens with zero attached hydrogens (tertiary/aromatic N) is 2. The highest BCUT2D eigenvalue weighted by molar-refractivity contribution is 7.99. The lowest BCUT2D eigenvalue weighted by molar-refractivity contribution is -0.137. The molecule has 0 radical (unpaired) electrons. The molecule has 0 fully saturated rings. The topological polar surface area (TPSA) is 64.0 Å². The largest absolute Gasteiger partial charge is 0.416 e. The lowest BCUT2D eigenvalue weighted by Gasteiger charge is -2.11. The third-order valence-corrected chi connectivity index (χ3v) is 4.95. The van der Waals surface area contributed by atoms with E-state index in [2.05, 4.69) is 10.3 Å². The Morgan fingerprint density at radius 1 is 1.14 bits per heavy atom. The number of carbonyl (C=O) groups is 1. The summed E-state index contributed by atoms with van der Waals surface area (Å²) in [5, 5.41) is 3.45. The van der Waals surface area contributed by atoms with Crippen LogP contribution >= 0.6 is 11.8 Å². The van der Waals surface area contributed by atoms with Crippen LogP contribution in [0.3, 0.4) is 0 Å². The molecule has 3 aromatic rings. The molecule has 0 bridgehead atoms. The van der Waals surface area contributed by atoms with Crippen LogP contribution in [-0.2, 0) is 17.5 Å². The molecule has 1 N–H and O–H groups in total. The summed E-state index contributed by atoms with van der Waals surface area (Å²) in [7, 11) is 0. The van der Waals surface area contributed by atoms with Crippen LogP contribution in [0.1, 0.15) is 12.5 Å². The molecule has 1 heterocycles. The molecule has 0 saturated carbocycles. The van der Waals surface area contributed by atoms with Crippen LogP contribution in [0, 0.1) is 0 Å². The third-order valence-electron chi connectivity index (χ3n) is 3.97. The Bertz CT molecular complexity index is 1060. The van der Waals surface area contributed by atoms with Crippen LogP contribution in [0.4, 0.5) is 18.9 Å². The number of hydrogen-bond acceptors (Lipinski definition) is 4. The zero-order chi connectivity index (χ0) is 20.3. The van der Waals surface area contributed by atoms with Crippen molar-refractivity contribution < 1.29 is 18.0 Å². The van der Waals surface area contributed by atoms with E-state index in [-0.39, 0.29) is 17.0 Å². The Morgan fingerprint density at radius 2 is 1.82 bits per heavy atom. The van der Waals surface area contributed by atoms with Crippen molar-refractivity contribution in [2.45, 2.75) is 24.8 Å². The van der Waals surface area contributed by atoms with Crippen LogP contribution in [0.15, 0.2) is 58.5 Å². The Labute approximate surface area is 162 Å². The quantitative estimate of drug-likeness (QED) is 0.509. The summed E-state index contributed by atoms with van der Waals surface area (Å²) < 4.78 is 39.2. The maximum Gasteiger partial charge on any atom is 0.416 e. The van der Waals surface area contributed by atoms with Crippen LogP contribution in [0.25, 0.3) is 10.9 Å². The molecule has 1 aromatic heterocycles. The fourth-order valence-corrected chi connectivity index (χ4v) is 3.47. The normalized spacial score (nSPS) is 11.6. The molecule has 0 unspecified atom stereocenters. The maximum absolute atomic E-state index is 12.6. The number of amides is 1. The van der Waals surface area contributed by atoms with Crippen LogP contribution in [0.2, 0.25) is 0 Å². The van der Waals surface area contributed by atoms with Crippen LogP contribution < -0.4 is 10.9 Å². The average Bonchev–Trinajstić information content (AvgIpc) is 2.66. The van der Waals surface area contributed by atoms with Gasteiger partial charge in [-0.15, -0.1) is 0 Å². The van der Waals surface area contributed by atoms with E-state index in [9.17, 15) is 22.8 Å². The molecule has 3 rings (SSSR count). The Hall–Kier alpha value is -2.81. The summed E-state index contributed by atoms with van der Waals surface area (Å²) in [5.41, 5.74) is -0.160. The number of nitrogens with one attached hydrogen (secondary N) is 1. The maximum atomic E-state index is 12.6. The highest BCUT2D eigenvalue weighted by Crippen LogP contribution is 2.29. The standard InChI is InChI=1S/C19H16F3N3O2S/c1-2-25-17(27)14-5-3-4-6-15(14)24-18(25)28-11-16(26)23-13-9-7-12(8-10-13)19(20,21)22/h3-10H,2,11H2,1H3,(H,23,26). The molecule has 0 spiro atoms. The van der Waals surface area contributed by atoms with E-state index in [4.69, 9.17) is 0 Å². The number of aromatic nitrogens is 2. The highest BCUT2D eigenvalue weighted by Gasteiger charge is 2.30. The molecule has 0 atom stereocenters. The summed E-state index contributed by atoms with van der Waals surface area (Å²) >= 11 is 1.10. The number of para-hydroxylation sites is 1. The first-order chi connectivity index (χ1) is 13.3. The zero-order valence-corrected chi connectivity index (χ0v) is 15.6. The summed E-state index contributed by atoms with van der Waals surface area (Å²) in [4.78, 5) is 29.1. The first-order valence-corrected chi connectivity index (χ1v) is 9.37. The number of alkyl halides is 3. The number of rotatable bonds is 5. The number of hydrogen-bond donors (Lipinski definition) is 1. The minimum Gasteiger partial charge on any atom is -0.325 e. The van der Waals surface area contributed by atoms with Gasteiger partial charge in [0.15, 0.2) is 5.16 Å². The number of anilines is 1. The van der Waals surface area contributed by atoms with E-state index in [0.29, 0.717) is 22.6 Å². The molecular weight excluding hydrogens is 391 g/mol. The minimum absolute atomic E-state index is 0.0359. The second kappa shape index (κ2) is 8.05. The fraction of sp³-hybridized carbons (Fsp3) is 0.211. The predicted molar refractivity (Wildman–Crippen MR) is 102 cm³/mol. The average molecular weight is 407 g/mol. The minimum atomic E-state index is -4.43. The Morgan fingerprint density at radius 3 is 2.46 bits per heavy atom. The number of benzene rings is 2. The van der Waals surface area contributed by atoms with Gasteiger partial charge in [0.1, 0.15) is 0 Å².